The van der Waals surface area contributed by atoms with Gasteiger partial charge in [-0.2, -0.15) is 4.31 Å². The molecule has 1 aromatic carbocycles. The van der Waals surface area contributed by atoms with Gasteiger partial charge in [0.05, 0.1) is 4.90 Å². The number of nitrogens with zero attached hydrogens (tertiary/aromatic N) is 1. The summed E-state index contributed by atoms with van der Waals surface area (Å²) in [6, 6.07) is 4.96. The average molecular weight is 303 g/mol. The van der Waals surface area contributed by atoms with Crippen molar-refractivity contribution < 1.29 is 8.42 Å². The van der Waals surface area contributed by atoms with E-state index in [1.54, 1.807) is 19.1 Å². The number of halogens is 1. The quantitative estimate of drug-likeness (QED) is 0.910. The molecule has 1 fully saturated rings. The van der Waals surface area contributed by atoms with Crippen LogP contribution in [0.3, 0.4) is 0 Å². The van der Waals surface area contributed by atoms with Gasteiger partial charge < -0.3 is 5.73 Å². The van der Waals surface area contributed by atoms with E-state index in [1.165, 1.54) is 10.4 Å². The third-order valence-corrected chi connectivity index (χ3v) is 5.98. The zero-order valence-electron chi connectivity index (χ0n) is 11.1. The standard InChI is InChI=1S/C13H19ClN2O2S/c1-9-3-4-11(14)8-13(9)19(17,18)16-6-5-12(15)7-10(16)2/h3-4,8,10,12H,5-7,15H2,1-2H3/t10-,12-/m0/s1. The Kier molecular flexibility index (Phi) is 4.20. The highest BCUT2D eigenvalue weighted by Crippen LogP contribution is 2.28. The van der Waals surface area contributed by atoms with E-state index in [2.05, 4.69) is 0 Å². The van der Waals surface area contributed by atoms with Gasteiger partial charge in [-0.15, -0.1) is 0 Å². The summed E-state index contributed by atoms with van der Waals surface area (Å²) in [6.45, 7) is 4.15. The summed E-state index contributed by atoms with van der Waals surface area (Å²) in [6.07, 6.45) is 1.39. The largest absolute Gasteiger partial charge is 0.328 e. The molecule has 1 aliphatic heterocycles. The molecule has 2 N–H and O–H groups in total. The van der Waals surface area contributed by atoms with E-state index >= 15 is 0 Å². The van der Waals surface area contributed by atoms with Crippen LogP contribution in [0.1, 0.15) is 25.3 Å². The first kappa shape index (κ1) is 14.8. The van der Waals surface area contributed by atoms with Crippen LogP contribution in [-0.2, 0) is 10.0 Å². The zero-order valence-corrected chi connectivity index (χ0v) is 12.7. The van der Waals surface area contributed by atoms with Crippen LogP contribution < -0.4 is 5.73 Å². The molecule has 0 unspecified atom stereocenters. The lowest BCUT2D eigenvalue weighted by Gasteiger charge is -2.35. The predicted molar refractivity (Wildman–Crippen MR) is 76.8 cm³/mol. The Morgan fingerprint density at radius 3 is 2.74 bits per heavy atom. The molecular weight excluding hydrogens is 284 g/mol. The molecule has 6 heteroatoms. The normalized spacial score (nSPS) is 25.5. The summed E-state index contributed by atoms with van der Waals surface area (Å²) in [5, 5.41) is 0.436. The maximum atomic E-state index is 12.7. The lowest BCUT2D eigenvalue weighted by molar-refractivity contribution is 0.247. The molecule has 2 rings (SSSR count). The Morgan fingerprint density at radius 1 is 1.42 bits per heavy atom. The van der Waals surface area contributed by atoms with Gasteiger partial charge in [-0.05, 0) is 44.4 Å². The van der Waals surface area contributed by atoms with Crippen LogP contribution in [0.4, 0.5) is 0 Å². The van der Waals surface area contributed by atoms with Crippen molar-refractivity contribution in [3.63, 3.8) is 0 Å². The summed E-state index contributed by atoms with van der Waals surface area (Å²) in [7, 11) is -3.49. The Morgan fingerprint density at radius 2 is 2.11 bits per heavy atom. The first-order chi connectivity index (χ1) is 8.82. The number of rotatable bonds is 2. The topological polar surface area (TPSA) is 63.4 Å². The summed E-state index contributed by atoms with van der Waals surface area (Å²) >= 11 is 5.92. The molecule has 0 spiro atoms. The van der Waals surface area contributed by atoms with E-state index in [0.29, 0.717) is 34.9 Å². The third kappa shape index (κ3) is 2.94. The molecule has 19 heavy (non-hydrogen) atoms. The summed E-state index contributed by atoms with van der Waals surface area (Å²) in [5.74, 6) is 0. The summed E-state index contributed by atoms with van der Waals surface area (Å²) < 4.78 is 26.9. The van der Waals surface area contributed by atoms with Gasteiger partial charge in [0, 0.05) is 23.7 Å². The maximum absolute atomic E-state index is 12.7. The molecule has 0 radical (unpaired) electrons. The Balaban J connectivity index is 2.39. The Hall–Kier alpha value is -0.620. The zero-order chi connectivity index (χ0) is 14.2. The molecule has 1 aliphatic rings. The maximum Gasteiger partial charge on any atom is 0.243 e. The van der Waals surface area contributed by atoms with E-state index in [1.807, 2.05) is 6.92 Å². The van der Waals surface area contributed by atoms with Gasteiger partial charge in [0.15, 0.2) is 0 Å². The van der Waals surface area contributed by atoms with Gasteiger partial charge in [-0.3, -0.25) is 0 Å². The van der Waals surface area contributed by atoms with Crippen molar-refractivity contribution in [2.75, 3.05) is 6.54 Å². The molecular formula is C13H19ClN2O2S. The predicted octanol–water partition coefficient (Wildman–Crippen LogP) is 2.15. The molecule has 1 heterocycles. The monoisotopic (exact) mass is 302 g/mol. The average Bonchev–Trinajstić information content (AvgIpc) is 2.31. The van der Waals surface area contributed by atoms with Gasteiger partial charge in [0.1, 0.15) is 0 Å². The minimum atomic E-state index is -3.49. The first-order valence-electron chi connectivity index (χ1n) is 6.36. The van der Waals surface area contributed by atoms with Crippen LogP contribution in [0.15, 0.2) is 23.1 Å². The fourth-order valence-electron chi connectivity index (χ4n) is 2.52. The second-order valence-corrected chi connectivity index (χ2v) is 7.45. The van der Waals surface area contributed by atoms with Crippen molar-refractivity contribution in [2.24, 2.45) is 5.73 Å². The fourth-order valence-corrected chi connectivity index (χ4v) is 4.67. The lowest BCUT2D eigenvalue weighted by Crippen LogP contribution is -2.48. The number of benzene rings is 1. The number of nitrogens with two attached hydrogens (primary N) is 1. The molecule has 1 aromatic rings. The van der Waals surface area contributed by atoms with Crippen molar-refractivity contribution in [1.29, 1.82) is 0 Å². The highest BCUT2D eigenvalue weighted by atomic mass is 35.5. The molecule has 0 saturated carbocycles. The van der Waals surface area contributed by atoms with Gasteiger partial charge in [-0.25, -0.2) is 8.42 Å². The van der Waals surface area contributed by atoms with E-state index < -0.39 is 10.0 Å². The van der Waals surface area contributed by atoms with E-state index in [-0.39, 0.29) is 12.1 Å². The Bertz CT molecular complexity index is 574. The third-order valence-electron chi connectivity index (χ3n) is 3.59. The van der Waals surface area contributed by atoms with Crippen LogP contribution in [0.5, 0.6) is 0 Å². The SMILES string of the molecule is Cc1ccc(Cl)cc1S(=O)(=O)N1CC[C@H](N)C[C@@H]1C. The summed E-state index contributed by atoms with van der Waals surface area (Å²) in [5.41, 5.74) is 6.60. The molecule has 0 amide bonds. The van der Waals surface area contributed by atoms with Gasteiger partial charge in [0.2, 0.25) is 10.0 Å². The minimum absolute atomic E-state index is 0.0767. The summed E-state index contributed by atoms with van der Waals surface area (Å²) in [4.78, 5) is 0.294. The fraction of sp³-hybridized carbons (Fsp3) is 0.538. The van der Waals surface area contributed by atoms with Crippen molar-refractivity contribution in [3.8, 4) is 0 Å². The van der Waals surface area contributed by atoms with Crippen LogP contribution in [0.2, 0.25) is 5.02 Å². The molecule has 1 saturated heterocycles. The number of piperidine rings is 1. The molecule has 2 atom stereocenters. The van der Waals surface area contributed by atoms with Gasteiger partial charge in [0.25, 0.3) is 0 Å². The molecule has 0 aliphatic carbocycles. The number of hydrogen-bond acceptors (Lipinski definition) is 3. The van der Waals surface area contributed by atoms with Crippen molar-refractivity contribution in [3.05, 3.63) is 28.8 Å². The van der Waals surface area contributed by atoms with Crippen molar-refractivity contribution in [1.82, 2.24) is 4.31 Å². The van der Waals surface area contributed by atoms with Crippen LogP contribution in [-0.4, -0.2) is 31.4 Å². The van der Waals surface area contributed by atoms with E-state index in [0.717, 1.165) is 0 Å². The highest BCUT2D eigenvalue weighted by molar-refractivity contribution is 7.89. The van der Waals surface area contributed by atoms with E-state index in [9.17, 15) is 8.42 Å². The highest BCUT2D eigenvalue weighted by Gasteiger charge is 2.34. The number of hydrogen-bond donors (Lipinski definition) is 1. The molecule has 4 nitrogen and oxygen atoms in total. The second-order valence-electron chi connectivity index (χ2n) is 5.16. The first-order valence-corrected chi connectivity index (χ1v) is 8.17. The second kappa shape index (κ2) is 5.40. The smallest absolute Gasteiger partial charge is 0.243 e. The Labute approximate surface area is 119 Å². The lowest BCUT2D eigenvalue weighted by atomic mass is 10.0. The van der Waals surface area contributed by atoms with Crippen LogP contribution >= 0.6 is 11.6 Å². The van der Waals surface area contributed by atoms with Gasteiger partial charge >= 0.3 is 0 Å². The molecule has 106 valence electrons. The van der Waals surface area contributed by atoms with Crippen LogP contribution in [0.25, 0.3) is 0 Å². The number of aryl methyl sites for hydroxylation is 1. The van der Waals surface area contributed by atoms with Gasteiger partial charge in [-0.1, -0.05) is 17.7 Å². The molecule has 0 bridgehead atoms. The van der Waals surface area contributed by atoms with Crippen LogP contribution in [0, 0.1) is 6.92 Å². The van der Waals surface area contributed by atoms with Crippen molar-refractivity contribution >= 4 is 21.6 Å². The number of sulfonamides is 1. The molecule has 0 aromatic heterocycles. The minimum Gasteiger partial charge on any atom is -0.328 e. The van der Waals surface area contributed by atoms with E-state index in [4.69, 9.17) is 17.3 Å². The van der Waals surface area contributed by atoms with Crippen molar-refractivity contribution in [2.45, 2.75) is 43.7 Å².